The van der Waals surface area contributed by atoms with Gasteiger partial charge in [-0.05, 0) is 19.1 Å². The first-order valence-corrected chi connectivity index (χ1v) is 6.42. The van der Waals surface area contributed by atoms with E-state index >= 15 is 0 Å². The summed E-state index contributed by atoms with van der Waals surface area (Å²) in [6, 6.07) is 5.49. The van der Waals surface area contributed by atoms with E-state index < -0.39 is 0 Å². The number of aromatic nitrogens is 3. The number of hydrogen-bond acceptors (Lipinski definition) is 7. The van der Waals surface area contributed by atoms with Gasteiger partial charge in [-0.1, -0.05) is 0 Å². The maximum atomic E-state index is 5.34. The molecule has 1 aromatic carbocycles. The van der Waals surface area contributed by atoms with Gasteiger partial charge in [0.2, 0.25) is 11.9 Å². The van der Waals surface area contributed by atoms with Gasteiger partial charge in [0.1, 0.15) is 17.3 Å². The first kappa shape index (κ1) is 14.8. The highest BCUT2D eigenvalue weighted by molar-refractivity contribution is 5.64. The summed E-state index contributed by atoms with van der Waals surface area (Å²) in [5, 5.41) is 3.14. The highest BCUT2D eigenvalue weighted by Crippen LogP contribution is 2.30. The minimum atomic E-state index is 0.467. The van der Waals surface area contributed by atoms with Gasteiger partial charge in [-0.2, -0.15) is 15.0 Å². The first-order valence-electron chi connectivity index (χ1n) is 6.42. The van der Waals surface area contributed by atoms with Gasteiger partial charge >= 0.3 is 0 Å². The van der Waals surface area contributed by atoms with Crippen molar-refractivity contribution in [2.45, 2.75) is 6.92 Å². The molecule has 0 spiro atoms. The molecule has 0 saturated heterocycles. The van der Waals surface area contributed by atoms with Crippen LogP contribution in [0.1, 0.15) is 5.82 Å². The lowest BCUT2D eigenvalue weighted by Gasteiger charge is -2.14. The number of anilines is 3. The van der Waals surface area contributed by atoms with E-state index in [0.717, 1.165) is 11.4 Å². The maximum absolute atomic E-state index is 5.34. The van der Waals surface area contributed by atoms with Crippen LogP contribution in [0.15, 0.2) is 18.2 Å². The molecule has 7 nitrogen and oxygen atoms in total. The standard InChI is InChI=1S/C14H19N5O2/c1-9-15-13(18-14(16-9)19(2)3)17-11-7-6-10(20-4)8-12(11)21-5/h6-8H,1-5H3,(H,15,16,17,18). The number of nitrogens with one attached hydrogen (secondary N) is 1. The summed E-state index contributed by atoms with van der Waals surface area (Å²) in [6.07, 6.45) is 0. The Bertz CT molecular complexity index is 631. The van der Waals surface area contributed by atoms with Crippen LogP contribution in [0.3, 0.4) is 0 Å². The lowest BCUT2D eigenvalue weighted by atomic mass is 10.2. The molecule has 0 bridgehead atoms. The predicted octanol–water partition coefficient (Wildman–Crippen LogP) is 2.01. The zero-order valence-electron chi connectivity index (χ0n) is 12.8. The van der Waals surface area contributed by atoms with Crippen molar-refractivity contribution < 1.29 is 9.47 Å². The summed E-state index contributed by atoms with van der Waals surface area (Å²) in [6.45, 7) is 1.82. The van der Waals surface area contributed by atoms with Gasteiger partial charge in [0.05, 0.1) is 19.9 Å². The normalized spacial score (nSPS) is 10.1. The summed E-state index contributed by atoms with van der Waals surface area (Å²) >= 11 is 0. The summed E-state index contributed by atoms with van der Waals surface area (Å²) in [4.78, 5) is 14.7. The van der Waals surface area contributed by atoms with Crippen molar-refractivity contribution in [2.75, 3.05) is 38.5 Å². The molecule has 0 aliphatic carbocycles. The molecule has 112 valence electrons. The summed E-state index contributed by atoms with van der Waals surface area (Å²) in [5.74, 6) is 3.08. The van der Waals surface area contributed by atoms with Crippen LogP contribution >= 0.6 is 0 Å². The highest BCUT2D eigenvalue weighted by Gasteiger charge is 2.09. The molecule has 1 heterocycles. The van der Waals surface area contributed by atoms with Crippen molar-refractivity contribution >= 4 is 17.6 Å². The van der Waals surface area contributed by atoms with Crippen LogP contribution < -0.4 is 19.7 Å². The Morgan fingerprint density at radius 2 is 1.81 bits per heavy atom. The SMILES string of the molecule is COc1ccc(Nc2nc(C)nc(N(C)C)n2)c(OC)c1. The molecule has 0 amide bonds. The topological polar surface area (TPSA) is 72.4 Å². The Balaban J connectivity index is 2.33. The van der Waals surface area contributed by atoms with E-state index in [-0.39, 0.29) is 0 Å². The minimum absolute atomic E-state index is 0.467. The molecule has 0 atom stereocenters. The number of rotatable bonds is 5. The zero-order chi connectivity index (χ0) is 15.4. The molecule has 1 aromatic heterocycles. The molecule has 0 aliphatic heterocycles. The molecule has 0 unspecified atom stereocenters. The average molecular weight is 289 g/mol. The molecule has 1 N–H and O–H groups in total. The van der Waals surface area contributed by atoms with Crippen molar-refractivity contribution in [2.24, 2.45) is 0 Å². The number of nitrogens with zero attached hydrogens (tertiary/aromatic N) is 4. The molecular formula is C14H19N5O2. The second-order valence-electron chi connectivity index (χ2n) is 4.59. The van der Waals surface area contributed by atoms with Crippen LogP contribution in [0.2, 0.25) is 0 Å². The van der Waals surface area contributed by atoms with Crippen LogP contribution in [0, 0.1) is 6.92 Å². The third-order valence-corrected chi connectivity index (χ3v) is 2.79. The second-order valence-corrected chi connectivity index (χ2v) is 4.59. The number of methoxy groups -OCH3 is 2. The van der Waals surface area contributed by atoms with Gasteiger partial charge in [-0.25, -0.2) is 0 Å². The largest absolute Gasteiger partial charge is 0.497 e. The van der Waals surface area contributed by atoms with Crippen molar-refractivity contribution in [3.05, 3.63) is 24.0 Å². The molecule has 21 heavy (non-hydrogen) atoms. The van der Waals surface area contributed by atoms with Crippen LogP contribution in [0.4, 0.5) is 17.6 Å². The molecule has 0 saturated carbocycles. The number of hydrogen-bond donors (Lipinski definition) is 1. The fourth-order valence-electron chi connectivity index (χ4n) is 1.75. The van der Waals surface area contributed by atoms with Crippen LogP contribution in [-0.2, 0) is 0 Å². The smallest absolute Gasteiger partial charge is 0.232 e. The number of benzene rings is 1. The van der Waals surface area contributed by atoms with Gasteiger partial charge in [0.15, 0.2) is 0 Å². The van der Waals surface area contributed by atoms with E-state index in [9.17, 15) is 0 Å². The third kappa shape index (κ3) is 3.50. The lowest BCUT2D eigenvalue weighted by Crippen LogP contribution is -2.15. The monoisotopic (exact) mass is 289 g/mol. The predicted molar refractivity (Wildman–Crippen MR) is 81.7 cm³/mol. The summed E-state index contributed by atoms with van der Waals surface area (Å²) in [5.41, 5.74) is 0.758. The van der Waals surface area contributed by atoms with E-state index in [1.54, 1.807) is 20.3 Å². The van der Waals surface area contributed by atoms with Crippen LogP contribution in [-0.4, -0.2) is 43.3 Å². The van der Waals surface area contributed by atoms with E-state index in [2.05, 4.69) is 20.3 Å². The Labute approximate surface area is 124 Å². The Kier molecular flexibility index (Phi) is 4.42. The van der Waals surface area contributed by atoms with Crippen molar-refractivity contribution in [1.82, 2.24) is 15.0 Å². The zero-order valence-corrected chi connectivity index (χ0v) is 12.8. The van der Waals surface area contributed by atoms with Gasteiger partial charge in [-0.3, -0.25) is 0 Å². The maximum Gasteiger partial charge on any atom is 0.232 e. The van der Waals surface area contributed by atoms with E-state index in [4.69, 9.17) is 9.47 Å². The molecule has 0 radical (unpaired) electrons. The lowest BCUT2D eigenvalue weighted by molar-refractivity contribution is 0.395. The van der Waals surface area contributed by atoms with Gasteiger partial charge in [-0.15, -0.1) is 0 Å². The first-order chi connectivity index (χ1) is 10.0. The highest BCUT2D eigenvalue weighted by atomic mass is 16.5. The van der Waals surface area contributed by atoms with Gasteiger partial charge < -0.3 is 19.7 Å². The average Bonchev–Trinajstić information content (AvgIpc) is 2.47. The van der Waals surface area contributed by atoms with Gasteiger partial charge in [0, 0.05) is 20.2 Å². The Hall–Kier alpha value is -2.57. The van der Waals surface area contributed by atoms with Crippen LogP contribution in [0.25, 0.3) is 0 Å². The fourth-order valence-corrected chi connectivity index (χ4v) is 1.75. The third-order valence-electron chi connectivity index (χ3n) is 2.79. The molecule has 0 fully saturated rings. The number of aryl methyl sites for hydroxylation is 1. The van der Waals surface area contributed by atoms with E-state index in [1.165, 1.54) is 0 Å². The molecule has 2 aromatic rings. The molecule has 0 aliphatic rings. The van der Waals surface area contributed by atoms with Crippen molar-refractivity contribution in [3.8, 4) is 11.5 Å². The molecule has 2 rings (SSSR count). The van der Waals surface area contributed by atoms with E-state index in [0.29, 0.717) is 23.5 Å². The molecular weight excluding hydrogens is 270 g/mol. The van der Waals surface area contributed by atoms with Crippen molar-refractivity contribution in [1.29, 1.82) is 0 Å². The second kappa shape index (κ2) is 6.25. The van der Waals surface area contributed by atoms with Gasteiger partial charge in [0.25, 0.3) is 0 Å². The van der Waals surface area contributed by atoms with E-state index in [1.807, 2.05) is 38.1 Å². The Morgan fingerprint density at radius 1 is 1.05 bits per heavy atom. The fraction of sp³-hybridized carbons (Fsp3) is 0.357. The minimum Gasteiger partial charge on any atom is -0.497 e. The summed E-state index contributed by atoms with van der Waals surface area (Å²) < 4.78 is 10.5. The quantitative estimate of drug-likeness (QED) is 0.902. The Morgan fingerprint density at radius 3 is 2.43 bits per heavy atom. The van der Waals surface area contributed by atoms with Crippen molar-refractivity contribution in [3.63, 3.8) is 0 Å². The van der Waals surface area contributed by atoms with Crippen LogP contribution in [0.5, 0.6) is 11.5 Å². The number of ether oxygens (including phenoxy) is 2. The summed E-state index contributed by atoms with van der Waals surface area (Å²) in [7, 11) is 6.98. The molecule has 7 heteroatoms.